The van der Waals surface area contributed by atoms with Crippen LogP contribution in [0.25, 0.3) is 0 Å². The number of carbonyl (C=O) groups is 1. The largest absolute Gasteiger partial charge is 0.472 e. The lowest BCUT2D eigenvalue weighted by atomic mass is 10.0. The molecule has 0 aromatic heterocycles. The van der Waals surface area contributed by atoms with Crippen LogP contribution in [0.3, 0.4) is 0 Å². The van der Waals surface area contributed by atoms with E-state index in [9.17, 15) is 19.4 Å². The van der Waals surface area contributed by atoms with Gasteiger partial charge in [-0.2, -0.15) is 0 Å². The number of rotatable bonds is 55. The van der Waals surface area contributed by atoms with Crippen molar-refractivity contribution in [1.82, 2.24) is 5.32 Å². The third-order valence-corrected chi connectivity index (χ3v) is 14.6. The average molecular weight is 995 g/mol. The van der Waals surface area contributed by atoms with Crippen molar-refractivity contribution in [2.24, 2.45) is 0 Å². The van der Waals surface area contributed by atoms with Crippen molar-refractivity contribution < 1.29 is 32.9 Å². The third-order valence-electron chi connectivity index (χ3n) is 13.6. The summed E-state index contributed by atoms with van der Waals surface area (Å²) in [5, 5.41) is 13.8. The van der Waals surface area contributed by atoms with E-state index in [-0.39, 0.29) is 19.1 Å². The lowest BCUT2D eigenvalue weighted by molar-refractivity contribution is -0.870. The number of nitrogens with zero attached hydrogens (tertiary/aromatic N) is 1. The summed E-state index contributed by atoms with van der Waals surface area (Å²) in [5.74, 6) is -0.184. The number of phosphoric acid groups is 1. The molecule has 0 spiro atoms. The molecule has 3 atom stereocenters. The highest BCUT2D eigenvalue weighted by Gasteiger charge is 2.27. The molecule has 0 aliphatic heterocycles. The zero-order chi connectivity index (χ0) is 50.6. The monoisotopic (exact) mass is 994 g/mol. The molecule has 0 saturated heterocycles. The molecular weight excluding hydrogens is 876 g/mol. The smallest absolute Gasteiger partial charge is 0.387 e. The number of unbranched alkanes of at least 4 members (excludes halogenated alkanes) is 38. The third kappa shape index (κ3) is 54.3. The minimum absolute atomic E-state index is 0.0572. The van der Waals surface area contributed by atoms with Gasteiger partial charge in [-0.1, -0.05) is 262 Å². The Bertz CT molecular complexity index is 1220. The summed E-state index contributed by atoms with van der Waals surface area (Å²) in [7, 11) is 1.56. The number of phosphoric ester groups is 1. The highest BCUT2D eigenvalue weighted by molar-refractivity contribution is 7.47. The molecule has 3 N–H and O–H groups in total. The van der Waals surface area contributed by atoms with Crippen LogP contribution >= 0.6 is 7.82 Å². The number of hydrogen-bond donors (Lipinski definition) is 3. The van der Waals surface area contributed by atoms with Crippen LogP contribution in [0.1, 0.15) is 290 Å². The number of aliphatic hydroxyl groups is 1. The molecule has 0 aromatic rings. The second kappa shape index (κ2) is 51.6. The molecule has 8 nitrogen and oxygen atoms in total. The van der Waals surface area contributed by atoms with Gasteiger partial charge in [-0.15, -0.1) is 0 Å². The molecule has 0 rings (SSSR count). The molecule has 0 radical (unpaired) electrons. The first-order chi connectivity index (χ1) is 33.5. The molecule has 0 saturated carbocycles. The highest BCUT2D eigenvalue weighted by Crippen LogP contribution is 2.43. The zero-order valence-electron chi connectivity index (χ0n) is 46.6. The summed E-state index contributed by atoms with van der Waals surface area (Å²) >= 11 is 0. The van der Waals surface area contributed by atoms with Crippen LogP contribution in [0.15, 0.2) is 36.5 Å². The number of aliphatic hydroxyl groups excluding tert-OH is 1. The standard InChI is InChI=1S/C60H117N2O6P/c1-6-8-10-12-14-16-18-20-21-22-23-24-25-26-27-28-29-30-31-32-33-34-35-36-37-38-39-40-41-42-44-46-48-50-52-54-60(64)61-58(57-68-69(65,66)67-56-55-62(3,4)5)59(63)53-51-49-47-45-43-19-17-15-13-11-9-7-2/h28-29,43,45,51,53,58-59,63H,6-27,30-42,44,46-50,52,54-57H2,1-5H3,(H-,61,64,65,66)/p+1/b29-28-,45-43+,53-51+. The second-order valence-electron chi connectivity index (χ2n) is 21.7. The van der Waals surface area contributed by atoms with Gasteiger partial charge in [0.2, 0.25) is 5.91 Å². The summed E-state index contributed by atoms with van der Waals surface area (Å²) in [5.41, 5.74) is 0. The van der Waals surface area contributed by atoms with Crippen molar-refractivity contribution in [3.05, 3.63) is 36.5 Å². The number of likely N-dealkylation sites (N-methyl/N-ethyl adjacent to an activating group) is 1. The van der Waals surface area contributed by atoms with Crippen LogP contribution in [-0.4, -0.2) is 73.4 Å². The molecule has 0 fully saturated rings. The summed E-state index contributed by atoms with van der Waals surface area (Å²) < 4.78 is 23.6. The van der Waals surface area contributed by atoms with E-state index in [4.69, 9.17) is 9.05 Å². The first-order valence-electron chi connectivity index (χ1n) is 29.9. The minimum Gasteiger partial charge on any atom is -0.387 e. The molecule has 3 unspecified atom stereocenters. The normalized spacial score (nSPS) is 14.1. The predicted octanol–water partition coefficient (Wildman–Crippen LogP) is 18.2. The molecule has 1 amide bonds. The van der Waals surface area contributed by atoms with Crippen molar-refractivity contribution in [1.29, 1.82) is 0 Å². The van der Waals surface area contributed by atoms with Crippen molar-refractivity contribution in [2.45, 2.75) is 302 Å². The van der Waals surface area contributed by atoms with Crippen LogP contribution in [0.5, 0.6) is 0 Å². The average Bonchev–Trinajstić information content (AvgIpc) is 3.31. The van der Waals surface area contributed by atoms with E-state index < -0.39 is 20.0 Å². The van der Waals surface area contributed by atoms with Gasteiger partial charge in [0.25, 0.3) is 0 Å². The highest BCUT2D eigenvalue weighted by atomic mass is 31.2. The summed E-state index contributed by atoms with van der Waals surface area (Å²) in [6.07, 6.45) is 67.1. The molecule has 0 aliphatic rings. The summed E-state index contributed by atoms with van der Waals surface area (Å²) in [4.78, 5) is 23.2. The fraction of sp³-hybridized carbons (Fsp3) is 0.883. The first kappa shape index (κ1) is 67.7. The number of carbonyl (C=O) groups excluding carboxylic acids is 1. The van der Waals surface area contributed by atoms with E-state index in [0.29, 0.717) is 17.4 Å². The van der Waals surface area contributed by atoms with Gasteiger partial charge in [-0.05, 0) is 57.8 Å². The first-order valence-corrected chi connectivity index (χ1v) is 31.4. The molecular formula is C60H118N2O6P+. The molecule has 0 bridgehead atoms. The predicted molar refractivity (Wildman–Crippen MR) is 300 cm³/mol. The maximum atomic E-state index is 12.9. The lowest BCUT2D eigenvalue weighted by Gasteiger charge is -2.25. The maximum Gasteiger partial charge on any atom is 0.472 e. The fourth-order valence-corrected chi connectivity index (χ4v) is 9.61. The van der Waals surface area contributed by atoms with E-state index in [2.05, 4.69) is 43.5 Å². The van der Waals surface area contributed by atoms with Gasteiger partial charge in [0.05, 0.1) is 39.9 Å². The van der Waals surface area contributed by atoms with Gasteiger partial charge in [-0.3, -0.25) is 13.8 Å². The van der Waals surface area contributed by atoms with Crippen molar-refractivity contribution in [2.75, 3.05) is 40.9 Å². The maximum absolute atomic E-state index is 12.9. The van der Waals surface area contributed by atoms with Crippen LogP contribution < -0.4 is 5.32 Å². The quantitative estimate of drug-likeness (QED) is 0.0243. The van der Waals surface area contributed by atoms with Crippen molar-refractivity contribution in [3.8, 4) is 0 Å². The zero-order valence-corrected chi connectivity index (χ0v) is 47.5. The minimum atomic E-state index is -4.35. The Morgan fingerprint density at radius 1 is 0.478 bits per heavy atom. The molecule has 408 valence electrons. The Morgan fingerprint density at radius 3 is 1.16 bits per heavy atom. The van der Waals surface area contributed by atoms with Crippen LogP contribution in [0, 0.1) is 0 Å². The summed E-state index contributed by atoms with van der Waals surface area (Å²) in [6.45, 7) is 4.80. The van der Waals surface area contributed by atoms with E-state index in [1.54, 1.807) is 6.08 Å². The van der Waals surface area contributed by atoms with Gasteiger partial charge in [0.1, 0.15) is 13.2 Å². The summed E-state index contributed by atoms with van der Waals surface area (Å²) in [6, 6.07) is -0.861. The van der Waals surface area contributed by atoms with Gasteiger partial charge < -0.3 is 19.8 Å². The topological polar surface area (TPSA) is 105 Å². The Labute approximate surface area is 429 Å². The van der Waals surface area contributed by atoms with E-state index in [1.807, 2.05) is 27.2 Å². The molecule has 0 aromatic carbocycles. The Kier molecular flexibility index (Phi) is 50.7. The number of nitrogens with one attached hydrogen (secondary N) is 1. The van der Waals surface area contributed by atoms with Gasteiger partial charge in [0.15, 0.2) is 0 Å². The molecule has 0 heterocycles. The van der Waals surface area contributed by atoms with E-state index in [0.717, 1.165) is 38.5 Å². The molecule has 9 heteroatoms. The Balaban J connectivity index is 3.94. The van der Waals surface area contributed by atoms with Crippen LogP contribution in [-0.2, 0) is 18.4 Å². The van der Waals surface area contributed by atoms with Crippen LogP contribution in [0.4, 0.5) is 0 Å². The Hall–Kier alpha value is -1.28. The Morgan fingerprint density at radius 2 is 0.797 bits per heavy atom. The lowest BCUT2D eigenvalue weighted by Crippen LogP contribution is -2.45. The number of allylic oxidation sites excluding steroid dienone is 5. The molecule has 69 heavy (non-hydrogen) atoms. The van der Waals surface area contributed by atoms with E-state index in [1.165, 1.54) is 231 Å². The SMILES string of the molecule is CCCCCCCC/C=C/CC/C=C/C(O)C(COP(=O)(O)OCC[N+](C)(C)C)NC(=O)CCCCCCCCCCCCCCCCCCC/C=C\CCCCCCCCCCCCCCCC. The van der Waals surface area contributed by atoms with Crippen molar-refractivity contribution in [3.63, 3.8) is 0 Å². The van der Waals surface area contributed by atoms with E-state index >= 15 is 0 Å². The van der Waals surface area contributed by atoms with Gasteiger partial charge in [-0.25, -0.2) is 4.57 Å². The second-order valence-corrected chi connectivity index (χ2v) is 23.2. The molecule has 0 aliphatic carbocycles. The van der Waals surface area contributed by atoms with Gasteiger partial charge in [0, 0.05) is 6.42 Å². The van der Waals surface area contributed by atoms with Crippen LogP contribution in [0.2, 0.25) is 0 Å². The number of quaternary nitrogens is 1. The fourth-order valence-electron chi connectivity index (χ4n) is 8.88. The van der Waals surface area contributed by atoms with Crippen molar-refractivity contribution >= 4 is 13.7 Å². The van der Waals surface area contributed by atoms with Gasteiger partial charge >= 0.3 is 7.82 Å². The number of amides is 1. The number of hydrogen-bond acceptors (Lipinski definition) is 5.